The van der Waals surface area contributed by atoms with E-state index >= 15 is 8.78 Å². The van der Waals surface area contributed by atoms with Gasteiger partial charge in [0.25, 0.3) is 0 Å². The second kappa shape index (κ2) is 9.22. The molecule has 4 heteroatoms. The highest BCUT2D eigenvalue weighted by Gasteiger charge is 2.39. The number of rotatable bonds is 6. The summed E-state index contributed by atoms with van der Waals surface area (Å²) in [6.45, 7) is 4.04. The zero-order valence-corrected chi connectivity index (χ0v) is 17.0. The van der Waals surface area contributed by atoms with Crippen LogP contribution in [0.25, 0.3) is 0 Å². The molecule has 0 radical (unpaired) electrons. The predicted octanol–water partition coefficient (Wildman–Crippen LogP) is 7.41. The number of benzene rings is 2. The molecule has 0 aliphatic heterocycles. The summed E-state index contributed by atoms with van der Waals surface area (Å²) in [6.07, 6.45) is 5.79. The van der Waals surface area contributed by atoms with E-state index in [4.69, 9.17) is 10.00 Å². The van der Waals surface area contributed by atoms with Crippen LogP contribution >= 0.6 is 0 Å². The van der Waals surface area contributed by atoms with Crippen molar-refractivity contribution >= 4 is 0 Å². The average Bonchev–Trinajstić information content (AvgIpc) is 2.74. The smallest absolute Gasteiger partial charge is 0.426 e. The summed E-state index contributed by atoms with van der Waals surface area (Å²) < 4.78 is 35.5. The van der Waals surface area contributed by atoms with Gasteiger partial charge in [0.2, 0.25) is 0 Å². The molecular formula is C25H27F2NO. The Kier molecular flexibility index (Phi) is 6.69. The van der Waals surface area contributed by atoms with E-state index in [2.05, 4.69) is 13.0 Å². The molecule has 0 N–H and O–H groups in total. The Morgan fingerprint density at radius 2 is 1.79 bits per heavy atom. The summed E-state index contributed by atoms with van der Waals surface area (Å²) >= 11 is 0. The molecule has 0 aromatic heterocycles. The third-order valence-corrected chi connectivity index (χ3v) is 5.67. The molecule has 1 fully saturated rings. The molecule has 0 bridgehead atoms. The van der Waals surface area contributed by atoms with Crippen molar-refractivity contribution in [1.82, 2.24) is 0 Å². The zero-order chi connectivity index (χ0) is 20.9. The Bertz CT molecular complexity index is 890. The van der Waals surface area contributed by atoms with Gasteiger partial charge in [-0.15, -0.1) is 0 Å². The van der Waals surface area contributed by atoms with Gasteiger partial charge in [-0.25, -0.2) is 0 Å². The number of alkyl halides is 2. The second-order valence-corrected chi connectivity index (χ2v) is 7.75. The largest absolute Gasteiger partial charge is 0.429 e. The van der Waals surface area contributed by atoms with Crippen molar-refractivity contribution in [3.63, 3.8) is 0 Å². The number of nitrogens with zero attached hydrogens (tertiary/aromatic N) is 1. The van der Waals surface area contributed by atoms with Gasteiger partial charge in [0.1, 0.15) is 5.75 Å². The molecule has 2 aromatic carbocycles. The number of hydrogen-bond acceptors (Lipinski definition) is 2. The van der Waals surface area contributed by atoms with Gasteiger partial charge in [0, 0.05) is 0 Å². The number of allylic oxidation sites excluding steroid dienone is 2. The van der Waals surface area contributed by atoms with Gasteiger partial charge < -0.3 is 4.74 Å². The second-order valence-electron chi connectivity index (χ2n) is 7.75. The highest BCUT2D eigenvalue weighted by atomic mass is 19.3. The normalized spacial score (nSPS) is 16.5. The molecule has 1 atom stereocenters. The fourth-order valence-corrected chi connectivity index (χ4v) is 4.08. The van der Waals surface area contributed by atoms with E-state index in [1.165, 1.54) is 36.8 Å². The minimum absolute atomic E-state index is 0.0508. The van der Waals surface area contributed by atoms with Crippen molar-refractivity contribution in [3.05, 3.63) is 76.9 Å². The van der Waals surface area contributed by atoms with Crippen molar-refractivity contribution in [2.24, 2.45) is 0 Å². The number of nitriles is 1. The van der Waals surface area contributed by atoms with Crippen LogP contribution in [-0.2, 0) is 6.11 Å². The molecule has 1 unspecified atom stereocenters. The monoisotopic (exact) mass is 395 g/mol. The Morgan fingerprint density at radius 3 is 2.41 bits per heavy atom. The standard InChI is InChI=1S/C25H27F2NO/c1-3-7-18(2)21-12-15-24(23(16-21)20-8-5-4-6-9-20)25(26,27)29-22-13-10-19(17-28)11-14-22/h3,7,10-16,18,20H,4-6,8-9H2,1-2H3/b7-3+. The van der Waals surface area contributed by atoms with Crippen molar-refractivity contribution in [2.45, 2.75) is 63.9 Å². The highest BCUT2D eigenvalue weighted by molar-refractivity contribution is 5.40. The maximum Gasteiger partial charge on any atom is 0.426 e. The maximum atomic E-state index is 15.2. The van der Waals surface area contributed by atoms with Crippen LogP contribution in [0.4, 0.5) is 8.78 Å². The quantitative estimate of drug-likeness (QED) is 0.477. The minimum Gasteiger partial charge on any atom is -0.429 e. The molecule has 0 spiro atoms. The van der Waals surface area contributed by atoms with Crippen LogP contribution in [0.2, 0.25) is 0 Å². The lowest BCUT2D eigenvalue weighted by Gasteiger charge is -2.28. The first-order valence-electron chi connectivity index (χ1n) is 10.3. The summed E-state index contributed by atoms with van der Waals surface area (Å²) in [6, 6.07) is 13.0. The summed E-state index contributed by atoms with van der Waals surface area (Å²) in [5.74, 6) is 0.353. The Balaban J connectivity index is 1.97. The van der Waals surface area contributed by atoms with Crippen LogP contribution in [0.15, 0.2) is 54.6 Å². The van der Waals surface area contributed by atoms with E-state index in [0.29, 0.717) is 11.1 Å². The van der Waals surface area contributed by atoms with E-state index in [1.807, 2.05) is 25.1 Å². The lowest BCUT2D eigenvalue weighted by Crippen LogP contribution is -2.25. The molecule has 1 aliphatic carbocycles. The van der Waals surface area contributed by atoms with Crippen LogP contribution < -0.4 is 4.74 Å². The van der Waals surface area contributed by atoms with E-state index in [9.17, 15) is 0 Å². The number of ether oxygens (including phenoxy) is 1. The highest BCUT2D eigenvalue weighted by Crippen LogP contribution is 2.42. The van der Waals surface area contributed by atoms with Crippen LogP contribution in [0.1, 0.15) is 80.0 Å². The van der Waals surface area contributed by atoms with Gasteiger partial charge in [-0.3, -0.25) is 0 Å². The van der Waals surface area contributed by atoms with E-state index in [1.54, 1.807) is 6.07 Å². The van der Waals surface area contributed by atoms with E-state index in [0.717, 1.165) is 31.2 Å². The van der Waals surface area contributed by atoms with Gasteiger partial charge in [0.05, 0.1) is 17.2 Å². The average molecular weight is 395 g/mol. The van der Waals surface area contributed by atoms with Crippen molar-refractivity contribution in [1.29, 1.82) is 5.26 Å². The van der Waals surface area contributed by atoms with Crippen LogP contribution in [0, 0.1) is 11.3 Å². The SMILES string of the molecule is C/C=C/C(C)c1ccc(C(F)(F)Oc2ccc(C#N)cc2)c(C2CCCCC2)c1. The summed E-state index contributed by atoms with van der Waals surface area (Å²) in [5, 5.41) is 8.88. The zero-order valence-electron chi connectivity index (χ0n) is 17.0. The molecule has 0 saturated heterocycles. The first kappa shape index (κ1) is 21.0. The van der Waals surface area contributed by atoms with Crippen LogP contribution in [0.5, 0.6) is 5.75 Å². The third kappa shape index (κ3) is 5.03. The number of hydrogen-bond donors (Lipinski definition) is 0. The summed E-state index contributed by atoms with van der Waals surface area (Å²) in [5.41, 5.74) is 2.11. The maximum absolute atomic E-state index is 15.2. The summed E-state index contributed by atoms with van der Waals surface area (Å²) in [4.78, 5) is 0. The lowest BCUT2D eigenvalue weighted by atomic mass is 9.80. The Labute approximate surface area is 171 Å². The molecule has 2 nitrogen and oxygen atoms in total. The van der Waals surface area contributed by atoms with Gasteiger partial charge in [-0.2, -0.15) is 14.0 Å². The molecule has 29 heavy (non-hydrogen) atoms. The molecule has 2 aromatic rings. The molecule has 3 rings (SSSR count). The topological polar surface area (TPSA) is 33.0 Å². The van der Waals surface area contributed by atoms with Crippen molar-refractivity contribution < 1.29 is 13.5 Å². The molecule has 0 amide bonds. The fraction of sp³-hybridized carbons (Fsp3) is 0.400. The van der Waals surface area contributed by atoms with E-state index < -0.39 is 6.11 Å². The molecule has 1 saturated carbocycles. The minimum atomic E-state index is -3.44. The van der Waals surface area contributed by atoms with Crippen molar-refractivity contribution in [2.75, 3.05) is 0 Å². The van der Waals surface area contributed by atoms with E-state index in [-0.39, 0.29) is 23.1 Å². The Morgan fingerprint density at radius 1 is 1.10 bits per heavy atom. The third-order valence-electron chi connectivity index (χ3n) is 5.67. The molecule has 152 valence electrons. The van der Waals surface area contributed by atoms with Crippen LogP contribution in [0.3, 0.4) is 0 Å². The van der Waals surface area contributed by atoms with Crippen molar-refractivity contribution in [3.8, 4) is 11.8 Å². The van der Waals surface area contributed by atoms with Crippen LogP contribution in [-0.4, -0.2) is 0 Å². The lowest BCUT2D eigenvalue weighted by molar-refractivity contribution is -0.186. The first-order valence-corrected chi connectivity index (χ1v) is 10.3. The van der Waals surface area contributed by atoms with Gasteiger partial charge in [-0.05, 0) is 73.1 Å². The fourth-order valence-electron chi connectivity index (χ4n) is 4.08. The predicted molar refractivity (Wildman–Crippen MR) is 111 cm³/mol. The molecular weight excluding hydrogens is 368 g/mol. The van der Waals surface area contributed by atoms with Gasteiger partial charge in [-0.1, -0.05) is 50.5 Å². The summed E-state index contributed by atoms with van der Waals surface area (Å²) in [7, 11) is 0. The van der Waals surface area contributed by atoms with Gasteiger partial charge >= 0.3 is 6.11 Å². The first-order chi connectivity index (χ1) is 13.9. The Hall–Kier alpha value is -2.67. The molecule has 0 heterocycles. The number of halogens is 2. The van der Waals surface area contributed by atoms with Gasteiger partial charge in [0.15, 0.2) is 0 Å². The molecule has 1 aliphatic rings.